The maximum Gasteiger partial charge on any atom is 0.172 e. The van der Waals surface area contributed by atoms with Gasteiger partial charge in [-0.05, 0) is 53.5 Å². The highest BCUT2D eigenvalue weighted by atomic mass is 79.9. The molecule has 2 aromatic rings. The number of hydrogen-bond acceptors (Lipinski definition) is 2. The molecule has 1 aliphatic carbocycles. The Balaban J connectivity index is 1.61. The summed E-state index contributed by atoms with van der Waals surface area (Å²) in [6.45, 7) is 2.83. The van der Waals surface area contributed by atoms with Gasteiger partial charge < -0.3 is 10.6 Å². The van der Waals surface area contributed by atoms with E-state index in [1.807, 2.05) is 10.9 Å². The number of aromatic nitrogens is 2. The van der Waals surface area contributed by atoms with Crippen LogP contribution in [0.2, 0.25) is 0 Å². The van der Waals surface area contributed by atoms with E-state index in [0.29, 0.717) is 11.2 Å². The summed E-state index contributed by atoms with van der Waals surface area (Å²) in [5.41, 5.74) is 2.49. The van der Waals surface area contributed by atoms with E-state index in [1.54, 1.807) is 0 Å². The summed E-state index contributed by atoms with van der Waals surface area (Å²) >= 11 is 8.94. The Morgan fingerprint density at radius 1 is 1.30 bits per heavy atom. The molecule has 0 bridgehead atoms. The van der Waals surface area contributed by atoms with Crippen molar-refractivity contribution in [2.75, 3.05) is 5.32 Å². The molecular weight excluding hydrogens is 372 g/mol. The largest absolute Gasteiger partial charge is 0.360 e. The van der Waals surface area contributed by atoms with Crippen molar-refractivity contribution in [2.45, 2.75) is 45.2 Å². The zero-order valence-electron chi connectivity index (χ0n) is 13.2. The Morgan fingerprint density at radius 2 is 2.00 bits per heavy atom. The molecule has 1 heterocycles. The number of anilines is 1. The average Bonchev–Trinajstić information content (AvgIpc) is 3.12. The summed E-state index contributed by atoms with van der Waals surface area (Å²) in [4.78, 5) is 0. The smallest absolute Gasteiger partial charge is 0.172 e. The minimum atomic E-state index is 0.503. The number of hydrogen-bond donors (Lipinski definition) is 2. The number of aryl methyl sites for hydroxylation is 1. The van der Waals surface area contributed by atoms with Gasteiger partial charge in [0.05, 0.1) is 11.0 Å². The zero-order valence-corrected chi connectivity index (χ0v) is 15.6. The third-order valence-corrected chi connectivity index (χ3v) is 4.90. The second-order valence-electron chi connectivity index (χ2n) is 6.09. The van der Waals surface area contributed by atoms with E-state index < -0.39 is 0 Å². The highest BCUT2D eigenvalue weighted by molar-refractivity contribution is 9.10. The van der Waals surface area contributed by atoms with Crippen molar-refractivity contribution in [3.63, 3.8) is 0 Å². The van der Waals surface area contributed by atoms with Crippen molar-refractivity contribution in [3.05, 3.63) is 46.1 Å². The van der Waals surface area contributed by atoms with E-state index in [1.165, 1.54) is 36.8 Å². The van der Waals surface area contributed by atoms with Crippen molar-refractivity contribution in [3.8, 4) is 0 Å². The van der Waals surface area contributed by atoms with Crippen LogP contribution in [-0.4, -0.2) is 20.9 Å². The van der Waals surface area contributed by atoms with Gasteiger partial charge in [-0.2, -0.15) is 5.10 Å². The first kappa shape index (κ1) is 16.5. The molecule has 0 radical (unpaired) electrons. The summed E-state index contributed by atoms with van der Waals surface area (Å²) < 4.78 is 2.83. The van der Waals surface area contributed by atoms with Gasteiger partial charge in [0.25, 0.3) is 0 Å². The number of nitrogens with zero attached hydrogens (tertiary/aromatic N) is 2. The van der Waals surface area contributed by atoms with E-state index in [9.17, 15) is 0 Å². The Morgan fingerprint density at radius 3 is 2.70 bits per heavy atom. The monoisotopic (exact) mass is 392 g/mol. The molecule has 2 N–H and O–H groups in total. The molecule has 1 aromatic heterocycles. The number of thiocarbonyl (C=S) groups is 1. The molecule has 122 valence electrons. The molecule has 0 saturated heterocycles. The Labute approximate surface area is 150 Å². The van der Waals surface area contributed by atoms with E-state index in [4.69, 9.17) is 12.2 Å². The van der Waals surface area contributed by atoms with E-state index >= 15 is 0 Å². The van der Waals surface area contributed by atoms with Crippen LogP contribution in [0.1, 0.15) is 36.8 Å². The van der Waals surface area contributed by atoms with Gasteiger partial charge >= 0.3 is 0 Å². The molecule has 1 saturated carbocycles. The van der Waals surface area contributed by atoms with Crippen LogP contribution in [0.25, 0.3) is 0 Å². The molecule has 0 amide bonds. The van der Waals surface area contributed by atoms with Gasteiger partial charge in [0, 0.05) is 12.2 Å². The van der Waals surface area contributed by atoms with Crippen LogP contribution in [0.4, 0.5) is 5.82 Å². The van der Waals surface area contributed by atoms with Crippen LogP contribution >= 0.6 is 28.1 Å². The van der Waals surface area contributed by atoms with Crippen LogP contribution in [0.15, 0.2) is 34.9 Å². The Hall–Kier alpha value is -1.40. The number of benzene rings is 1. The van der Waals surface area contributed by atoms with Gasteiger partial charge in [-0.25, -0.2) is 0 Å². The Kier molecular flexibility index (Phi) is 5.33. The van der Waals surface area contributed by atoms with Gasteiger partial charge in [-0.3, -0.25) is 4.68 Å². The predicted octanol–water partition coefficient (Wildman–Crippen LogP) is 4.23. The Bertz CT molecular complexity index is 674. The summed E-state index contributed by atoms with van der Waals surface area (Å²) in [5.74, 6) is 0.757. The van der Waals surface area contributed by atoms with E-state index in [2.05, 4.69) is 62.9 Å². The van der Waals surface area contributed by atoms with Gasteiger partial charge in [0.1, 0.15) is 0 Å². The lowest BCUT2D eigenvalue weighted by Crippen LogP contribution is -2.36. The lowest BCUT2D eigenvalue weighted by atomic mass is 10.1. The predicted molar refractivity (Wildman–Crippen MR) is 102 cm³/mol. The van der Waals surface area contributed by atoms with Crippen LogP contribution in [0.3, 0.4) is 0 Å². The van der Waals surface area contributed by atoms with Crippen molar-refractivity contribution in [1.82, 2.24) is 15.1 Å². The molecule has 1 aliphatic rings. The minimum absolute atomic E-state index is 0.503. The first-order chi connectivity index (χ1) is 11.1. The third kappa shape index (κ3) is 4.54. The molecule has 3 rings (SSSR count). The highest BCUT2D eigenvalue weighted by Crippen LogP contribution is 2.22. The van der Waals surface area contributed by atoms with Crippen LogP contribution < -0.4 is 10.6 Å². The summed E-state index contributed by atoms with van der Waals surface area (Å²) in [7, 11) is 0. The summed E-state index contributed by atoms with van der Waals surface area (Å²) in [6, 6.07) is 9.00. The molecule has 6 heteroatoms. The SMILES string of the molecule is Cc1ccc(Cn2cc(Br)c(NC(=S)NC3CCCC3)n2)cc1. The second-order valence-corrected chi connectivity index (χ2v) is 7.35. The molecule has 0 atom stereocenters. The fourth-order valence-corrected chi connectivity index (χ4v) is 3.52. The topological polar surface area (TPSA) is 41.9 Å². The van der Waals surface area contributed by atoms with E-state index in [-0.39, 0.29) is 0 Å². The third-order valence-electron chi connectivity index (χ3n) is 4.10. The highest BCUT2D eigenvalue weighted by Gasteiger charge is 2.16. The van der Waals surface area contributed by atoms with Crippen LogP contribution in [0.5, 0.6) is 0 Å². The molecule has 1 fully saturated rings. The van der Waals surface area contributed by atoms with Crippen LogP contribution in [-0.2, 0) is 6.54 Å². The summed E-state index contributed by atoms with van der Waals surface area (Å²) in [6.07, 6.45) is 6.94. The lowest BCUT2D eigenvalue weighted by molar-refractivity contribution is 0.634. The molecule has 0 spiro atoms. The van der Waals surface area contributed by atoms with Crippen molar-refractivity contribution in [1.29, 1.82) is 0 Å². The molecule has 0 unspecified atom stereocenters. The van der Waals surface area contributed by atoms with Crippen molar-refractivity contribution >= 4 is 39.1 Å². The van der Waals surface area contributed by atoms with Crippen molar-refractivity contribution in [2.24, 2.45) is 0 Å². The van der Waals surface area contributed by atoms with Gasteiger partial charge in [-0.1, -0.05) is 42.7 Å². The van der Waals surface area contributed by atoms with E-state index in [0.717, 1.165) is 16.8 Å². The lowest BCUT2D eigenvalue weighted by Gasteiger charge is -2.14. The van der Waals surface area contributed by atoms with Crippen molar-refractivity contribution < 1.29 is 0 Å². The summed E-state index contributed by atoms with van der Waals surface area (Å²) in [5, 5.41) is 11.8. The molecule has 0 aliphatic heterocycles. The van der Waals surface area contributed by atoms with Gasteiger partial charge in [-0.15, -0.1) is 0 Å². The standard InChI is InChI=1S/C17H21BrN4S/c1-12-6-8-13(9-7-12)10-22-11-15(18)16(21-22)20-17(23)19-14-4-2-3-5-14/h6-9,11,14H,2-5,10H2,1H3,(H2,19,20,21,23). The minimum Gasteiger partial charge on any atom is -0.360 e. The first-order valence-corrected chi connectivity index (χ1v) is 9.16. The maximum atomic E-state index is 5.39. The fraction of sp³-hybridized carbons (Fsp3) is 0.412. The number of nitrogens with one attached hydrogen (secondary N) is 2. The van der Waals surface area contributed by atoms with Gasteiger partial charge in [0.2, 0.25) is 0 Å². The normalized spacial score (nSPS) is 14.9. The average molecular weight is 393 g/mol. The quantitative estimate of drug-likeness (QED) is 0.763. The fourth-order valence-electron chi connectivity index (χ4n) is 2.84. The zero-order chi connectivity index (χ0) is 16.2. The number of rotatable bonds is 4. The molecule has 23 heavy (non-hydrogen) atoms. The van der Waals surface area contributed by atoms with Gasteiger partial charge in [0.15, 0.2) is 10.9 Å². The van der Waals surface area contributed by atoms with Crippen LogP contribution in [0, 0.1) is 6.92 Å². The second kappa shape index (κ2) is 7.45. The molecule has 4 nitrogen and oxygen atoms in total. The number of halogens is 1. The molecular formula is C17H21BrN4S. The first-order valence-electron chi connectivity index (χ1n) is 7.96. The molecule has 1 aromatic carbocycles. The maximum absolute atomic E-state index is 5.39.